The molecule has 0 bridgehead atoms. The lowest BCUT2D eigenvalue weighted by Crippen LogP contribution is -2.04. The van der Waals surface area contributed by atoms with E-state index in [9.17, 15) is 4.39 Å². The third-order valence-corrected chi connectivity index (χ3v) is 2.24. The fourth-order valence-electron chi connectivity index (χ4n) is 1.07. The maximum Gasteiger partial charge on any atom is 0.152 e. The number of anilines is 2. The van der Waals surface area contributed by atoms with E-state index >= 15 is 0 Å². The molecular formula is C9H12ClFN2. The van der Waals surface area contributed by atoms with Crippen LogP contribution in [-0.2, 0) is 0 Å². The van der Waals surface area contributed by atoms with Gasteiger partial charge in [0.25, 0.3) is 0 Å². The highest BCUT2D eigenvalue weighted by atomic mass is 35.5. The van der Waals surface area contributed by atoms with E-state index in [1.807, 2.05) is 6.92 Å². The molecule has 0 atom stereocenters. The molecule has 1 aromatic carbocycles. The van der Waals surface area contributed by atoms with Crippen LogP contribution in [0.5, 0.6) is 0 Å². The van der Waals surface area contributed by atoms with E-state index in [0.29, 0.717) is 22.8 Å². The first-order chi connectivity index (χ1) is 6.07. The smallest absolute Gasteiger partial charge is 0.152 e. The Morgan fingerprint density at radius 3 is 2.77 bits per heavy atom. The summed E-state index contributed by atoms with van der Waals surface area (Å²) >= 11 is 5.79. The molecule has 0 amide bonds. The van der Waals surface area contributed by atoms with Crippen LogP contribution < -0.4 is 11.1 Å². The molecule has 72 valence electrons. The van der Waals surface area contributed by atoms with Gasteiger partial charge >= 0.3 is 0 Å². The summed E-state index contributed by atoms with van der Waals surface area (Å²) in [7, 11) is 0. The number of nitrogens with two attached hydrogens (primary N) is 1. The maximum absolute atomic E-state index is 13.3. The van der Waals surface area contributed by atoms with Crippen molar-refractivity contribution in [2.45, 2.75) is 13.8 Å². The average Bonchev–Trinajstić information content (AvgIpc) is 2.11. The van der Waals surface area contributed by atoms with Crippen molar-refractivity contribution in [3.8, 4) is 0 Å². The molecule has 0 saturated heterocycles. The fraction of sp³-hybridized carbons (Fsp3) is 0.333. The first-order valence-corrected chi connectivity index (χ1v) is 4.43. The van der Waals surface area contributed by atoms with E-state index < -0.39 is 5.82 Å². The van der Waals surface area contributed by atoms with Gasteiger partial charge in [0.15, 0.2) is 5.82 Å². The highest BCUT2D eigenvalue weighted by molar-refractivity contribution is 6.31. The average molecular weight is 203 g/mol. The molecule has 3 N–H and O–H groups in total. The van der Waals surface area contributed by atoms with E-state index in [4.69, 9.17) is 17.3 Å². The lowest BCUT2D eigenvalue weighted by Gasteiger charge is -2.10. The van der Waals surface area contributed by atoms with E-state index in [1.165, 1.54) is 0 Å². The topological polar surface area (TPSA) is 38.0 Å². The molecule has 0 radical (unpaired) electrons. The molecule has 1 aromatic rings. The molecule has 0 fully saturated rings. The summed E-state index contributed by atoms with van der Waals surface area (Å²) in [5.41, 5.74) is 6.61. The van der Waals surface area contributed by atoms with Gasteiger partial charge < -0.3 is 11.1 Å². The monoisotopic (exact) mass is 202 g/mol. The minimum absolute atomic E-state index is 0.128. The predicted octanol–water partition coefficient (Wildman–Crippen LogP) is 2.80. The van der Waals surface area contributed by atoms with Gasteiger partial charge in [0.05, 0.1) is 11.4 Å². The van der Waals surface area contributed by atoms with Crippen molar-refractivity contribution in [1.82, 2.24) is 0 Å². The molecule has 0 unspecified atom stereocenters. The number of hydrogen-bond donors (Lipinski definition) is 2. The van der Waals surface area contributed by atoms with Crippen LogP contribution in [0.3, 0.4) is 0 Å². The number of rotatable bonds is 2. The highest BCUT2D eigenvalue weighted by Gasteiger charge is 2.10. The van der Waals surface area contributed by atoms with Gasteiger partial charge in [-0.15, -0.1) is 0 Å². The third-order valence-electron chi connectivity index (χ3n) is 1.85. The number of hydrogen-bond acceptors (Lipinski definition) is 2. The van der Waals surface area contributed by atoms with Gasteiger partial charge in [0.1, 0.15) is 0 Å². The Morgan fingerprint density at radius 1 is 1.62 bits per heavy atom. The van der Waals surface area contributed by atoms with Crippen LogP contribution in [0.1, 0.15) is 12.5 Å². The van der Waals surface area contributed by atoms with E-state index in [0.717, 1.165) is 0 Å². The summed E-state index contributed by atoms with van der Waals surface area (Å²) in [5, 5.41) is 3.33. The summed E-state index contributed by atoms with van der Waals surface area (Å²) < 4.78 is 13.3. The van der Waals surface area contributed by atoms with Gasteiger partial charge in [0, 0.05) is 17.1 Å². The Hall–Kier alpha value is -0.960. The van der Waals surface area contributed by atoms with E-state index in [-0.39, 0.29) is 5.69 Å². The van der Waals surface area contributed by atoms with Crippen LogP contribution in [0, 0.1) is 12.7 Å². The van der Waals surface area contributed by atoms with Gasteiger partial charge in [0.2, 0.25) is 0 Å². The minimum Gasteiger partial charge on any atom is -0.395 e. The van der Waals surface area contributed by atoms with Crippen LogP contribution in [-0.4, -0.2) is 6.54 Å². The minimum atomic E-state index is -0.441. The Bertz CT molecular complexity index is 326. The van der Waals surface area contributed by atoms with Crippen molar-refractivity contribution in [3.05, 3.63) is 22.5 Å². The van der Waals surface area contributed by atoms with Gasteiger partial charge in [-0.3, -0.25) is 0 Å². The molecular weight excluding hydrogens is 191 g/mol. The summed E-state index contributed by atoms with van der Waals surface area (Å²) in [6, 6.07) is 1.64. The fourth-order valence-corrected chi connectivity index (χ4v) is 1.27. The standard InChI is InChI=1S/C9H12ClFN2/c1-3-13-7-4-6(10)5(2)8(11)9(7)12/h4,13H,3,12H2,1-2H3. The first kappa shape index (κ1) is 10.1. The molecule has 13 heavy (non-hydrogen) atoms. The van der Waals surface area contributed by atoms with E-state index in [1.54, 1.807) is 13.0 Å². The Labute approximate surface area is 81.9 Å². The molecule has 0 aliphatic rings. The SMILES string of the molecule is CCNc1cc(Cl)c(C)c(F)c1N. The van der Waals surface area contributed by atoms with Crippen LogP contribution in [0.15, 0.2) is 6.07 Å². The number of nitrogen functional groups attached to an aromatic ring is 1. The lowest BCUT2D eigenvalue weighted by atomic mass is 10.1. The molecule has 1 rings (SSSR count). The van der Waals surface area contributed by atoms with Crippen molar-refractivity contribution in [2.75, 3.05) is 17.6 Å². The zero-order valence-electron chi connectivity index (χ0n) is 7.62. The number of halogens is 2. The zero-order chi connectivity index (χ0) is 10.0. The molecule has 0 saturated carbocycles. The second kappa shape index (κ2) is 3.83. The molecule has 2 nitrogen and oxygen atoms in total. The summed E-state index contributed by atoms with van der Waals surface area (Å²) in [6.45, 7) is 4.19. The Morgan fingerprint density at radius 2 is 2.23 bits per heavy atom. The maximum atomic E-state index is 13.3. The lowest BCUT2D eigenvalue weighted by molar-refractivity contribution is 0.624. The van der Waals surface area contributed by atoms with E-state index in [2.05, 4.69) is 5.32 Å². The summed E-state index contributed by atoms with van der Waals surface area (Å²) in [5.74, 6) is -0.441. The van der Waals surface area contributed by atoms with Gasteiger partial charge in [-0.2, -0.15) is 0 Å². The Kier molecular flexibility index (Phi) is 2.98. The quantitative estimate of drug-likeness (QED) is 0.724. The van der Waals surface area contributed by atoms with Gasteiger partial charge in [-0.25, -0.2) is 4.39 Å². The Balaban J connectivity index is 3.24. The molecule has 0 aromatic heterocycles. The van der Waals surface area contributed by atoms with Crippen molar-refractivity contribution < 1.29 is 4.39 Å². The first-order valence-electron chi connectivity index (χ1n) is 4.05. The number of nitrogens with one attached hydrogen (secondary N) is 1. The molecule has 0 aliphatic carbocycles. The largest absolute Gasteiger partial charge is 0.395 e. The van der Waals surface area contributed by atoms with Crippen LogP contribution in [0.25, 0.3) is 0 Å². The van der Waals surface area contributed by atoms with Crippen molar-refractivity contribution in [2.24, 2.45) is 0 Å². The molecule has 0 spiro atoms. The van der Waals surface area contributed by atoms with Crippen LogP contribution >= 0.6 is 11.6 Å². The normalized spacial score (nSPS) is 10.2. The van der Waals surface area contributed by atoms with Crippen molar-refractivity contribution in [3.63, 3.8) is 0 Å². The zero-order valence-corrected chi connectivity index (χ0v) is 8.37. The predicted molar refractivity (Wildman–Crippen MR) is 54.7 cm³/mol. The molecule has 0 aliphatic heterocycles. The third kappa shape index (κ3) is 1.86. The molecule has 0 heterocycles. The second-order valence-corrected chi connectivity index (χ2v) is 3.20. The van der Waals surface area contributed by atoms with Crippen molar-refractivity contribution in [1.29, 1.82) is 0 Å². The second-order valence-electron chi connectivity index (χ2n) is 2.79. The van der Waals surface area contributed by atoms with Crippen molar-refractivity contribution >= 4 is 23.0 Å². The van der Waals surface area contributed by atoms with Crippen LogP contribution in [0.4, 0.5) is 15.8 Å². The summed E-state index contributed by atoms with van der Waals surface area (Å²) in [4.78, 5) is 0. The molecule has 4 heteroatoms. The highest BCUT2D eigenvalue weighted by Crippen LogP contribution is 2.30. The van der Waals surface area contributed by atoms with Gasteiger partial charge in [-0.05, 0) is 19.9 Å². The van der Waals surface area contributed by atoms with Gasteiger partial charge in [-0.1, -0.05) is 11.6 Å². The number of benzene rings is 1. The van der Waals surface area contributed by atoms with Crippen LogP contribution in [0.2, 0.25) is 5.02 Å². The summed E-state index contributed by atoms with van der Waals surface area (Å²) in [6.07, 6.45) is 0.